The van der Waals surface area contributed by atoms with Gasteiger partial charge in [-0.3, -0.25) is 33.6 Å². The minimum absolute atomic E-state index is 0.0161. The normalized spacial score (nSPS) is 42.8. The third-order valence-electron chi connectivity index (χ3n) is 49.1. The van der Waals surface area contributed by atoms with Crippen molar-refractivity contribution < 1.29 is 63.5 Å². The molecule has 0 aliphatic heterocycles. The van der Waals surface area contributed by atoms with Crippen LogP contribution in [0.15, 0.2) is 186 Å². The zero-order chi connectivity index (χ0) is 109. The zero-order valence-corrected chi connectivity index (χ0v) is 97.2. The fraction of sp³-hybridized carbons (Fsp3) is 0.654. The number of Topliss-reactive ketones (excluding diaryl/α,β-unsaturated/α-hetero) is 1. The van der Waals surface area contributed by atoms with Crippen molar-refractivity contribution >= 4 is 52.7 Å². The number of amides is 1. The smallest absolute Gasteiger partial charge is 0.308 e. The number of carbonyl (C=O) groups is 7. The topological polar surface area (TPSA) is 255 Å². The summed E-state index contributed by atoms with van der Waals surface area (Å²) in [4.78, 5) is 90.0. The van der Waals surface area contributed by atoms with Crippen LogP contribution in [0.5, 0.6) is 11.5 Å². The van der Waals surface area contributed by atoms with Crippen LogP contribution in [0.4, 0.5) is 0 Å². The van der Waals surface area contributed by atoms with E-state index in [0.29, 0.717) is 62.4 Å². The van der Waals surface area contributed by atoms with E-state index in [9.17, 15) is 59.2 Å². The van der Waals surface area contributed by atoms with Gasteiger partial charge < -0.3 is 35.2 Å². The predicted octanol–water partition coefficient (Wildman–Crippen LogP) is 31.8. The Balaban J connectivity index is 0.000000131. The molecule has 2 aromatic rings. The minimum atomic E-state index is -0.444. The Labute approximate surface area is 896 Å². The molecular weight excluding hydrogens is 1870 g/mol. The van der Waals surface area contributed by atoms with Crippen molar-refractivity contribution in [2.24, 2.45) is 127 Å². The fourth-order valence-electron chi connectivity index (χ4n) is 37.0. The number of aryl methyl sites for hydroxylation is 1. The lowest BCUT2D eigenvalue weighted by atomic mass is 9.34. The van der Waals surface area contributed by atoms with Crippen LogP contribution >= 0.6 is 11.8 Å². The number of esters is 2. The van der Waals surface area contributed by atoms with Crippen LogP contribution in [0.2, 0.25) is 0 Å². The Bertz CT molecular complexity index is 6550. The van der Waals surface area contributed by atoms with Crippen LogP contribution in [0.1, 0.15) is 414 Å². The minimum Gasteiger partial charge on any atom is -0.504 e. The first-order chi connectivity index (χ1) is 69.2. The molecule has 15 nitrogen and oxygen atoms in total. The molecule has 2 unspecified atom stereocenters. The van der Waals surface area contributed by atoms with Crippen LogP contribution in [0.25, 0.3) is 0 Å². The van der Waals surface area contributed by atoms with Gasteiger partial charge in [0.05, 0.1) is 29.4 Å². The van der Waals surface area contributed by atoms with E-state index in [1.807, 2.05) is 52.4 Å². The maximum Gasteiger partial charge on any atom is 0.308 e. The van der Waals surface area contributed by atoms with Crippen molar-refractivity contribution in [3.63, 3.8) is 0 Å². The molecule has 0 spiro atoms. The molecule has 16 heteroatoms. The first-order valence-electron chi connectivity index (χ1n) is 57.4. The van der Waals surface area contributed by atoms with E-state index >= 15 is 0 Å². The number of hydrogen-bond donors (Lipinski definition) is 5. The van der Waals surface area contributed by atoms with Crippen molar-refractivity contribution in [1.29, 1.82) is 5.26 Å². The van der Waals surface area contributed by atoms with Gasteiger partial charge in [0.25, 0.3) is 0 Å². The van der Waals surface area contributed by atoms with Gasteiger partial charge in [-0.25, -0.2) is 0 Å². The molecular formula is C133H178N2O13S. The van der Waals surface area contributed by atoms with E-state index in [0.717, 1.165) is 197 Å². The Morgan fingerprint density at radius 1 is 0.436 bits per heavy atom. The van der Waals surface area contributed by atoms with E-state index in [2.05, 4.69) is 231 Å². The van der Waals surface area contributed by atoms with Crippen molar-refractivity contribution in [3.05, 3.63) is 203 Å². The summed E-state index contributed by atoms with van der Waals surface area (Å²) < 4.78 is 11.6. The Morgan fingerprint density at radius 3 is 1.18 bits per heavy atom. The summed E-state index contributed by atoms with van der Waals surface area (Å²) in [6.07, 6.45) is 54.1. The molecule has 12 fully saturated rings. The highest BCUT2D eigenvalue weighted by Gasteiger charge is 2.74. The van der Waals surface area contributed by atoms with Crippen LogP contribution in [-0.4, -0.2) is 74.1 Å². The molecule has 0 aromatic heterocycles. The molecule has 0 radical (unpaired) electrons. The molecule has 21 rings (SSSR count). The molecule has 12 saturated carbocycles. The third-order valence-corrected chi connectivity index (χ3v) is 50.3. The maximum atomic E-state index is 13.6. The number of nitrogens with one attached hydrogen (secondary N) is 1. The van der Waals surface area contributed by atoms with Gasteiger partial charge >= 0.3 is 11.9 Å². The van der Waals surface area contributed by atoms with Gasteiger partial charge in [0.1, 0.15) is 5.78 Å². The average Bonchev–Trinajstić information content (AvgIpc) is 0.669. The molecule has 149 heavy (non-hydrogen) atoms. The number of benzene rings is 2. The lowest BCUT2D eigenvalue weighted by molar-refractivity contribution is -0.169. The summed E-state index contributed by atoms with van der Waals surface area (Å²) in [6.45, 7) is 67.2. The Hall–Kier alpha value is -8.65. The summed E-state index contributed by atoms with van der Waals surface area (Å²) in [5, 5.41) is 54.0. The number of aliphatic hydroxyl groups excluding tert-OH is 4. The standard InChI is InChI=1S/C40H49NO4S.C33H47NO4.C30H40O3.C30H42O2/c1-24-10-12-28(13-11-24)46-31-21-32-38(7,29-20-30(44-26(3)42)35(45-27(4)43)25(2)34(29)31)17-19-40(9)33-22-36(5,23-41)14-15-37(33,6)16-18-39(32,40)8;1-8-21(19-35)34-28(38)30(4)12-11-29(3)13-15-32(6)25-10-9-22-20(2)27(37)24(36)17-23(22)31(25,5)14-16-33(32,7)26(29)18-30;1-18-20-8-9-23-28(5,21(20)16-22(32)25(18)33)13-15-30(7)24-17-27(4,19(2)31)11-10-26(24,3)12-14-29(23,30)6;1-8-26(3)11-12-27(4)13-15-29(6)23-10-9-20-19(2)25(32)22(31)17-21(20)28(23,5)14-16-30(29,7)24(27)18-26/h10-13,20-21,31,33H,14-19,22H2,1-9H3;9-10,17,21,26,35,37H,8,11-16,18-19H2,1-7H3,(H,34,38);8-9,16,24,33H,10-15,17H2,1-7H3;9-10,17,24,32H,8,11-16,18H2,1-7H3/t31?,33-,36-,37-,38+,39-,40+;21?,26-,29-,30-,31+,32-,33+;2*24-,26-,27-,28+,29-,30+/m1111/s1. The number of rotatable bonds is 10. The Morgan fingerprint density at radius 2 is 0.799 bits per heavy atom. The number of fused-ring (bicyclic) bond motifs is 28. The second-order valence-electron chi connectivity index (χ2n) is 56.8. The second kappa shape index (κ2) is 36.5. The third kappa shape index (κ3) is 16.2. The van der Waals surface area contributed by atoms with E-state index < -0.39 is 17.4 Å². The average molecular weight is 2040 g/mol. The maximum absolute atomic E-state index is 13.6. The number of nitriles is 1. The summed E-state index contributed by atoms with van der Waals surface area (Å²) in [5.74, 6) is 1.20. The molecule has 2 aromatic carbocycles. The number of ether oxygens (including phenoxy) is 2. The molecule has 0 heterocycles. The summed E-state index contributed by atoms with van der Waals surface area (Å²) in [7, 11) is 0. The number of carbonyl (C=O) groups excluding carboxylic acids is 7. The lowest BCUT2D eigenvalue weighted by Crippen LogP contribution is -2.62. The highest BCUT2D eigenvalue weighted by Crippen LogP contribution is 2.82. The highest BCUT2D eigenvalue weighted by molar-refractivity contribution is 7.99. The molecule has 26 atom stereocenters. The monoisotopic (exact) mass is 2040 g/mol. The van der Waals surface area contributed by atoms with Gasteiger partial charge in [-0.2, -0.15) is 5.26 Å². The van der Waals surface area contributed by atoms with Crippen molar-refractivity contribution in [2.45, 2.75) is 422 Å². The first kappa shape index (κ1) is 110. The van der Waals surface area contributed by atoms with E-state index in [4.69, 9.17) is 9.47 Å². The predicted molar refractivity (Wildman–Crippen MR) is 596 cm³/mol. The highest BCUT2D eigenvalue weighted by atomic mass is 32.2. The van der Waals surface area contributed by atoms with Gasteiger partial charge in [-0.1, -0.05) is 234 Å². The fourth-order valence-corrected chi connectivity index (χ4v) is 38.3. The lowest BCUT2D eigenvalue weighted by Gasteiger charge is -2.70. The molecule has 804 valence electrons. The van der Waals surface area contributed by atoms with Crippen molar-refractivity contribution in [3.8, 4) is 17.6 Å². The van der Waals surface area contributed by atoms with Crippen molar-refractivity contribution in [2.75, 3.05) is 6.61 Å². The molecule has 19 aliphatic carbocycles. The molecule has 1 amide bonds. The molecule has 5 N–H and O–H groups in total. The zero-order valence-electron chi connectivity index (χ0n) is 96.4. The van der Waals surface area contributed by atoms with Gasteiger partial charge in [-0.15, -0.1) is 11.8 Å². The van der Waals surface area contributed by atoms with Gasteiger partial charge in [-0.05, 0) is 410 Å². The second-order valence-corrected chi connectivity index (χ2v) is 58.0. The molecule has 0 bridgehead atoms. The SMILES string of the molecule is CC(=O)Oc1cc2c(c(C)c1OC(C)=O)C(Sc1ccc(C)cc1)C=C1[C@@]2(C)CC[C@@]2(C)[C@@H]3C[C@](C)(C#N)CC[C@]3(C)CC[C@]12C.CC(=O)[C@]1(C)CC[C@]2(C)CC[C@]3(C)C4=CC=C5C(=CC(=O)C(O)=C5C)[C@]4(C)CC[C@@]3(C)[C@@H]2C1.CCC(CO)NC(=O)[C@]1(C)CC[C@]2(C)CC[C@]3(C)C4=CC=C5C(=CC(=O)C(O)=C5C)[C@]4(C)CC[C@@]3(C)[C@@H]2C1.CC[C@]1(C)CC[C@]2(C)CC[C@]3(C)C4=CC=C5C(=CC(=O)C(O)=C5C)[C@]4(C)CC[C@@]3(C)[C@@H]2C1. The number of thioether (sulfide) groups is 1. The number of hydrogen-bond acceptors (Lipinski definition) is 15. The van der Waals surface area contributed by atoms with Gasteiger partial charge in [0.2, 0.25) is 23.3 Å². The largest absolute Gasteiger partial charge is 0.504 e. The van der Waals surface area contributed by atoms with Gasteiger partial charge in [0.15, 0.2) is 28.8 Å². The Kier molecular flexibility index (Phi) is 27.0. The number of ketones is 4. The van der Waals surface area contributed by atoms with E-state index in [-0.39, 0.29) is 145 Å². The quantitative estimate of drug-likeness (QED) is 0.0842. The summed E-state index contributed by atoms with van der Waals surface area (Å²) in [6, 6.07) is 13.2. The van der Waals surface area contributed by atoms with E-state index in [1.54, 1.807) is 30.7 Å². The van der Waals surface area contributed by atoms with Crippen LogP contribution in [0.3, 0.4) is 0 Å². The van der Waals surface area contributed by atoms with Crippen LogP contribution in [-0.2, 0) is 39.0 Å². The molecule has 19 aliphatic rings. The summed E-state index contributed by atoms with van der Waals surface area (Å²) >= 11 is 1.83. The molecule has 0 saturated heterocycles. The number of nitrogens with zero attached hydrogens (tertiary/aromatic N) is 1. The first-order valence-corrected chi connectivity index (χ1v) is 58.3. The number of aliphatic hydroxyl groups is 4. The van der Waals surface area contributed by atoms with Crippen molar-refractivity contribution in [1.82, 2.24) is 5.32 Å². The van der Waals surface area contributed by atoms with E-state index in [1.165, 1.54) is 98.0 Å². The van der Waals surface area contributed by atoms with Crippen LogP contribution < -0.4 is 14.8 Å². The number of allylic oxidation sites excluding steroid dienone is 22. The van der Waals surface area contributed by atoms with Gasteiger partial charge in [0, 0.05) is 73.5 Å². The van der Waals surface area contributed by atoms with Crippen LogP contribution in [0, 0.1) is 152 Å². The summed E-state index contributed by atoms with van der Waals surface area (Å²) in [5.41, 5.74) is 19.1.